The van der Waals surface area contributed by atoms with E-state index in [0.29, 0.717) is 17.0 Å². The molecule has 1 aliphatic heterocycles. The van der Waals surface area contributed by atoms with E-state index in [0.717, 1.165) is 6.07 Å². The van der Waals surface area contributed by atoms with Gasteiger partial charge in [-0.1, -0.05) is 18.2 Å². The number of carbonyl (C=O) groups excluding carboxylic acids is 1. The predicted molar refractivity (Wildman–Crippen MR) is 81.3 cm³/mol. The van der Waals surface area contributed by atoms with Crippen molar-refractivity contribution in [1.82, 2.24) is 0 Å². The molecular formula is C17H14FNO4. The standard InChI is InChI=1S/C17H14FNO4/c1-10-6-7-11(8-12(10)18)16(20)19-9-15(17(21)22)23-14-5-3-2-4-13(14)19/h2-8,15H,9H2,1H3,(H,21,22). The molecule has 0 bridgehead atoms. The van der Waals surface area contributed by atoms with Gasteiger partial charge < -0.3 is 14.7 Å². The highest BCUT2D eigenvalue weighted by molar-refractivity contribution is 6.07. The number of benzene rings is 2. The van der Waals surface area contributed by atoms with E-state index in [1.807, 2.05) is 0 Å². The van der Waals surface area contributed by atoms with Crippen LogP contribution in [-0.2, 0) is 4.79 Å². The van der Waals surface area contributed by atoms with Gasteiger partial charge in [-0.25, -0.2) is 9.18 Å². The maximum Gasteiger partial charge on any atom is 0.346 e. The number of rotatable bonds is 2. The molecule has 23 heavy (non-hydrogen) atoms. The van der Waals surface area contributed by atoms with E-state index in [1.54, 1.807) is 31.2 Å². The number of halogens is 1. The topological polar surface area (TPSA) is 66.8 Å². The number of carboxylic acid groups (broad SMARTS) is 1. The predicted octanol–water partition coefficient (Wildman–Crippen LogP) is 2.63. The van der Waals surface area contributed by atoms with Crippen LogP contribution in [0.5, 0.6) is 5.75 Å². The Balaban J connectivity index is 2.01. The van der Waals surface area contributed by atoms with Crippen LogP contribution in [0.2, 0.25) is 0 Å². The second kappa shape index (κ2) is 5.72. The van der Waals surface area contributed by atoms with E-state index in [2.05, 4.69) is 0 Å². The van der Waals surface area contributed by atoms with E-state index in [9.17, 15) is 19.1 Å². The van der Waals surface area contributed by atoms with Gasteiger partial charge >= 0.3 is 5.97 Å². The lowest BCUT2D eigenvalue weighted by Gasteiger charge is -2.33. The molecule has 118 valence electrons. The van der Waals surface area contributed by atoms with Crippen LogP contribution in [0.15, 0.2) is 42.5 Å². The number of anilines is 1. The Morgan fingerprint density at radius 1 is 1.26 bits per heavy atom. The van der Waals surface area contributed by atoms with Crippen molar-refractivity contribution in [3.63, 3.8) is 0 Å². The molecule has 0 aromatic heterocycles. The van der Waals surface area contributed by atoms with Crippen LogP contribution in [0.3, 0.4) is 0 Å². The van der Waals surface area contributed by atoms with Crippen LogP contribution in [0, 0.1) is 12.7 Å². The van der Waals surface area contributed by atoms with Crippen LogP contribution in [0.25, 0.3) is 0 Å². The Bertz CT molecular complexity index is 790. The number of carboxylic acids is 1. The normalized spacial score (nSPS) is 16.4. The Labute approximate surface area is 131 Å². The van der Waals surface area contributed by atoms with Crippen molar-refractivity contribution in [2.24, 2.45) is 0 Å². The van der Waals surface area contributed by atoms with Crippen LogP contribution in [0.4, 0.5) is 10.1 Å². The van der Waals surface area contributed by atoms with Gasteiger partial charge in [-0.2, -0.15) is 0 Å². The maximum atomic E-state index is 13.7. The molecule has 1 unspecified atom stereocenters. The summed E-state index contributed by atoms with van der Waals surface area (Å²) in [7, 11) is 0. The summed E-state index contributed by atoms with van der Waals surface area (Å²) in [5, 5.41) is 9.19. The Hall–Kier alpha value is -2.89. The molecule has 2 aromatic carbocycles. The summed E-state index contributed by atoms with van der Waals surface area (Å²) in [5.74, 6) is -1.79. The first-order chi connectivity index (χ1) is 11.0. The summed E-state index contributed by atoms with van der Waals surface area (Å²) in [6.07, 6.45) is -1.16. The van der Waals surface area contributed by atoms with Gasteiger partial charge in [-0.15, -0.1) is 0 Å². The zero-order valence-corrected chi connectivity index (χ0v) is 12.3. The summed E-state index contributed by atoms with van der Waals surface area (Å²) in [6.45, 7) is 1.47. The summed E-state index contributed by atoms with van der Waals surface area (Å²) in [5.41, 5.74) is 1.07. The summed E-state index contributed by atoms with van der Waals surface area (Å²) in [6, 6.07) is 10.9. The maximum absolute atomic E-state index is 13.7. The van der Waals surface area contributed by atoms with Gasteiger partial charge in [-0.05, 0) is 36.8 Å². The summed E-state index contributed by atoms with van der Waals surface area (Å²) < 4.78 is 19.1. The lowest BCUT2D eigenvalue weighted by molar-refractivity contribution is -0.144. The third-order valence-electron chi connectivity index (χ3n) is 3.71. The summed E-state index contributed by atoms with van der Waals surface area (Å²) in [4.78, 5) is 25.3. The fourth-order valence-electron chi connectivity index (χ4n) is 2.44. The molecule has 1 amide bonds. The molecule has 0 radical (unpaired) electrons. The largest absolute Gasteiger partial charge is 0.478 e. The van der Waals surface area contributed by atoms with Crippen LogP contribution >= 0.6 is 0 Å². The third-order valence-corrected chi connectivity index (χ3v) is 3.71. The number of para-hydroxylation sites is 2. The monoisotopic (exact) mass is 315 g/mol. The van der Waals surface area contributed by atoms with Gasteiger partial charge in [0.15, 0.2) is 0 Å². The number of nitrogens with zero attached hydrogens (tertiary/aromatic N) is 1. The molecule has 6 heteroatoms. The van der Waals surface area contributed by atoms with Gasteiger partial charge in [0.05, 0.1) is 12.2 Å². The summed E-state index contributed by atoms with van der Waals surface area (Å²) >= 11 is 0. The number of carbonyl (C=O) groups is 2. The zero-order chi connectivity index (χ0) is 16.6. The Kier molecular flexibility index (Phi) is 3.73. The molecule has 0 fully saturated rings. The first-order valence-corrected chi connectivity index (χ1v) is 7.04. The fraction of sp³-hybridized carbons (Fsp3) is 0.176. The molecule has 0 saturated heterocycles. The van der Waals surface area contributed by atoms with Crippen LogP contribution in [-0.4, -0.2) is 29.6 Å². The second-order valence-electron chi connectivity index (χ2n) is 5.29. The van der Waals surface area contributed by atoms with Gasteiger partial charge in [0, 0.05) is 5.56 Å². The molecule has 3 rings (SSSR count). The molecule has 0 aliphatic carbocycles. The molecule has 1 heterocycles. The van der Waals surface area contributed by atoms with E-state index in [-0.39, 0.29) is 12.1 Å². The molecule has 5 nitrogen and oxygen atoms in total. The van der Waals surface area contributed by atoms with E-state index >= 15 is 0 Å². The highest BCUT2D eigenvalue weighted by atomic mass is 19.1. The smallest absolute Gasteiger partial charge is 0.346 e. The number of hydrogen-bond donors (Lipinski definition) is 1. The minimum Gasteiger partial charge on any atom is -0.478 e. The number of ether oxygens (including phenoxy) is 1. The van der Waals surface area contributed by atoms with Gasteiger partial charge in [0.25, 0.3) is 5.91 Å². The van der Waals surface area contributed by atoms with Gasteiger partial charge in [-0.3, -0.25) is 4.79 Å². The van der Waals surface area contributed by atoms with Crippen molar-refractivity contribution in [1.29, 1.82) is 0 Å². The third kappa shape index (κ3) is 2.75. The SMILES string of the molecule is Cc1ccc(C(=O)N2CC(C(=O)O)Oc3ccccc32)cc1F. The van der Waals surface area contributed by atoms with Gasteiger partial charge in [0.2, 0.25) is 6.10 Å². The number of hydrogen-bond acceptors (Lipinski definition) is 3. The number of fused-ring (bicyclic) bond motifs is 1. The molecule has 1 atom stereocenters. The molecule has 0 spiro atoms. The van der Waals surface area contributed by atoms with E-state index < -0.39 is 23.8 Å². The molecule has 0 saturated carbocycles. The Morgan fingerprint density at radius 2 is 2.00 bits per heavy atom. The zero-order valence-electron chi connectivity index (χ0n) is 12.3. The average Bonchev–Trinajstić information content (AvgIpc) is 2.55. The quantitative estimate of drug-likeness (QED) is 0.925. The molecule has 1 aliphatic rings. The number of aryl methyl sites for hydroxylation is 1. The van der Waals surface area contributed by atoms with Crippen LogP contribution < -0.4 is 9.64 Å². The highest BCUT2D eigenvalue weighted by Crippen LogP contribution is 2.34. The van der Waals surface area contributed by atoms with Crippen molar-refractivity contribution < 1.29 is 23.8 Å². The van der Waals surface area contributed by atoms with Crippen molar-refractivity contribution in [3.05, 3.63) is 59.4 Å². The number of amides is 1. The van der Waals surface area contributed by atoms with Crippen LogP contribution in [0.1, 0.15) is 15.9 Å². The van der Waals surface area contributed by atoms with Crippen molar-refractivity contribution >= 4 is 17.6 Å². The molecular weight excluding hydrogens is 301 g/mol. The lowest BCUT2D eigenvalue weighted by atomic mass is 10.1. The highest BCUT2D eigenvalue weighted by Gasteiger charge is 2.34. The molecule has 2 aromatic rings. The minimum absolute atomic E-state index is 0.138. The van der Waals surface area contributed by atoms with Crippen molar-refractivity contribution in [3.8, 4) is 5.75 Å². The lowest BCUT2D eigenvalue weighted by Crippen LogP contribution is -2.47. The van der Waals surface area contributed by atoms with E-state index in [4.69, 9.17) is 4.74 Å². The minimum atomic E-state index is -1.16. The first kappa shape index (κ1) is 15.0. The number of aliphatic carboxylic acids is 1. The van der Waals surface area contributed by atoms with Crippen molar-refractivity contribution in [2.75, 3.05) is 11.4 Å². The van der Waals surface area contributed by atoms with E-state index in [1.165, 1.54) is 17.0 Å². The Morgan fingerprint density at radius 3 is 2.70 bits per heavy atom. The van der Waals surface area contributed by atoms with Crippen molar-refractivity contribution in [2.45, 2.75) is 13.0 Å². The van der Waals surface area contributed by atoms with Gasteiger partial charge in [0.1, 0.15) is 11.6 Å². The molecule has 1 N–H and O–H groups in total. The first-order valence-electron chi connectivity index (χ1n) is 7.04. The second-order valence-corrected chi connectivity index (χ2v) is 5.29. The average molecular weight is 315 g/mol. The fourth-order valence-corrected chi connectivity index (χ4v) is 2.44.